The number of sulfonamides is 1. The van der Waals surface area contributed by atoms with Crippen LogP contribution < -0.4 is 9.62 Å². The van der Waals surface area contributed by atoms with Gasteiger partial charge in [-0.05, 0) is 24.6 Å². The van der Waals surface area contributed by atoms with Crippen molar-refractivity contribution < 1.29 is 22.7 Å². The molecule has 23 heavy (non-hydrogen) atoms. The molecule has 0 aliphatic heterocycles. The fraction of sp³-hybridized carbons (Fsp3) is 0.467. The number of carbonyl (C=O) groups is 2. The van der Waals surface area contributed by atoms with E-state index in [1.54, 1.807) is 0 Å². The van der Waals surface area contributed by atoms with Crippen molar-refractivity contribution in [3.8, 4) is 0 Å². The zero-order chi connectivity index (χ0) is 17.6. The van der Waals surface area contributed by atoms with Crippen molar-refractivity contribution in [2.24, 2.45) is 0 Å². The molecule has 0 bridgehead atoms. The first-order chi connectivity index (χ1) is 10.7. The molecule has 1 amide bonds. The van der Waals surface area contributed by atoms with Crippen molar-refractivity contribution in [3.05, 3.63) is 29.3 Å². The van der Waals surface area contributed by atoms with Crippen molar-refractivity contribution in [1.82, 2.24) is 5.32 Å². The summed E-state index contributed by atoms with van der Waals surface area (Å²) < 4.78 is 29.0. The Morgan fingerprint density at radius 2 is 1.83 bits per heavy atom. The first-order valence-electron chi connectivity index (χ1n) is 7.16. The Labute approximate surface area is 136 Å². The Balaban J connectivity index is 3.24. The summed E-state index contributed by atoms with van der Waals surface area (Å²) in [5.74, 6) is -1.01. The lowest BCUT2D eigenvalue weighted by Crippen LogP contribution is -2.27. The Morgan fingerprint density at radius 3 is 2.35 bits per heavy atom. The lowest BCUT2D eigenvalue weighted by Gasteiger charge is -2.18. The third kappa shape index (κ3) is 5.24. The summed E-state index contributed by atoms with van der Waals surface area (Å²) in [6.45, 7) is 2.51. The fourth-order valence-corrected chi connectivity index (χ4v) is 2.32. The SMILES string of the molecule is CCCCNC(=O)c1cc(C(=O)OC)cc(N(C)S(C)(=O)=O)c1. The van der Waals surface area contributed by atoms with Gasteiger partial charge in [-0.25, -0.2) is 13.2 Å². The van der Waals surface area contributed by atoms with E-state index in [2.05, 4.69) is 10.1 Å². The molecule has 0 saturated heterocycles. The van der Waals surface area contributed by atoms with Crippen molar-refractivity contribution in [1.29, 1.82) is 0 Å². The van der Waals surface area contributed by atoms with E-state index in [-0.39, 0.29) is 22.7 Å². The van der Waals surface area contributed by atoms with Gasteiger partial charge in [0.2, 0.25) is 10.0 Å². The van der Waals surface area contributed by atoms with Crippen LogP contribution in [0.4, 0.5) is 5.69 Å². The van der Waals surface area contributed by atoms with Crippen LogP contribution in [0, 0.1) is 0 Å². The summed E-state index contributed by atoms with van der Waals surface area (Å²) in [6.07, 6.45) is 2.81. The minimum Gasteiger partial charge on any atom is -0.465 e. The number of nitrogens with one attached hydrogen (secondary N) is 1. The van der Waals surface area contributed by atoms with E-state index >= 15 is 0 Å². The van der Waals surface area contributed by atoms with Gasteiger partial charge in [-0.1, -0.05) is 13.3 Å². The molecule has 0 saturated carbocycles. The van der Waals surface area contributed by atoms with Crippen molar-refractivity contribution in [2.45, 2.75) is 19.8 Å². The first-order valence-corrected chi connectivity index (χ1v) is 9.01. The molecular formula is C15H22N2O5S. The highest BCUT2D eigenvalue weighted by Gasteiger charge is 2.18. The smallest absolute Gasteiger partial charge is 0.337 e. The van der Waals surface area contributed by atoms with Gasteiger partial charge in [0.15, 0.2) is 0 Å². The van der Waals surface area contributed by atoms with Gasteiger partial charge in [-0.3, -0.25) is 9.10 Å². The zero-order valence-electron chi connectivity index (χ0n) is 13.8. The molecule has 0 aromatic heterocycles. The number of unbranched alkanes of at least 4 members (excludes halogenated alkanes) is 1. The predicted molar refractivity (Wildman–Crippen MR) is 88.3 cm³/mol. The van der Waals surface area contributed by atoms with Crippen molar-refractivity contribution in [3.63, 3.8) is 0 Å². The molecule has 0 aliphatic carbocycles. The number of methoxy groups -OCH3 is 1. The van der Waals surface area contributed by atoms with Gasteiger partial charge in [0.05, 0.1) is 24.6 Å². The molecule has 1 aromatic rings. The van der Waals surface area contributed by atoms with Crippen LogP contribution in [0.3, 0.4) is 0 Å². The van der Waals surface area contributed by atoms with Crippen molar-refractivity contribution >= 4 is 27.6 Å². The summed E-state index contributed by atoms with van der Waals surface area (Å²) in [5.41, 5.74) is 0.534. The summed E-state index contributed by atoms with van der Waals surface area (Å²) in [6, 6.07) is 4.18. The maximum absolute atomic E-state index is 12.2. The number of hydrogen-bond acceptors (Lipinski definition) is 5. The summed E-state index contributed by atoms with van der Waals surface area (Å²) >= 11 is 0. The van der Waals surface area contributed by atoms with Gasteiger partial charge < -0.3 is 10.1 Å². The number of esters is 1. The standard InChI is InChI=1S/C15H22N2O5S/c1-5-6-7-16-14(18)11-8-12(15(19)22-3)10-13(9-11)17(2)23(4,20)21/h8-10H,5-7H2,1-4H3,(H,16,18). The molecular weight excluding hydrogens is 320 g/mol. The average Bonchev–Trinajstić information content (AvgIpc) is 2.52. The average molecular weight is 342 g/mol. The number of hydrogen-bond donors (Lipinski definition) is 1. The third-order valence-electron chi connectivity index (χ3n) is 3.28. The monoisotopic (exact) mass is 342 g/mol. The Hall–Kier alpha value is -2.09. The molecule has 1 N–H and O–H groups in total. The number of ether oxygens (including phenoxy) is 1. The zero-order valence-corrected chi connectivity index (χ0v) is 14.6. The van der Waals surface area contributed by atoms with E-state index < -0.39 is 16.0 Å². The molecule has 8 heteroatoms. The second kappa shape index (κ2) is 7.96. The van der Waals surface area contributed by atoms with Gasteiger partial charge in [0.1, 0.15) is 0 Å². The number of nitrogens with zero attached hydrogens (tertiary/aromatic N) is 1. The molecule has 1 rings (SSSR count). The molecule has 0 atom stereocenters. The first kappa shape index (κ1) is 19.0. The van der Waals surface area contributed by atoms with E-state index in [1.165, 1.54) is 32.4 Å². The molecule has 0 aliphatic rings. The molecule has 0 unspecified atom stereocenters. The summed E-state index contributed by atoms with van der Waals surface area (Å²) in [5, 5.41) is 2.73. The predicted octanol–water partition coefficient (Wildman–Crippen LogP) is 1.40. The van der Waals surface area contributed by atoms with Crippen LogP contribution in [0.1, 0.15) is 40.5 Å². The minimum atomic E-state index is -3.52. The molecule has 0 fully saturated rings. The van der Waals surface area contributed by atoms with Crippen LogP contribution in [0.5, 0.6) is 0 Å². The fourth-order valence-electron chi connectivity index (χ4n) is 1.83. The number of anilines is 1. The van der Waals surface area contributed by atoms with Gasteiger partial charge >= 0.3 is 5.97 Å². The Bertz CT molecular complexity index is 685. The number of amides is 1. The summed E-state index contributed by atoms with van der Waals surface area (Å²) in [7, 11) is -0.949. The summed E-state index contributed by atoms with van der Waals surface area (Å²) in [4.78, 5) is 23.9. The van der Waals surface area contributed by atoms with E-state index in [4.69, 9.17) is 0 Å². The highest BCUT2D eigenvalue weighted by molar-refractivity contribution is 7.92. The molecule has 128 valence electrons. The lowest BCUT2D eigenvalue weighted by molar-refractivity contribution is 0.0600. The van der Waals surface area contributed by atoms with Crippen LogP contribution in [-0.2, 0) is 14.8 Å². The molecule has 0 heterocycles. The highest BCUT2D eigenvalue weighted by Crippen LogP contribution is 2.21. The van der Waals surface area contributed by atoms with E-state index in [0.717, 1.165) is 23.4 Å². The normalized spacial score (nSPS) is 11.0. The van der Waals surface area contributed by atoms with E-state index in [9.17, 15) is 18.0 Å². The molecule has 7 nitrogen and oxygen atoms in total. The highest BCUT2D eigenvalue weighted by atomic mass is 32.2. The maximum Gasteiger partial charge on any atom is 0.337 e. The van der Waals surface area contributed by atoms with Gasteiger partial charge in [-0.15, -0.1) is 0 Å². The maximum atomic E-state index is 12.2. The van der Waals surface area contributed by atoms with Crippen LogP contribution in [0.2, 0.25) is 0 Å². The second-order valence-corrected chi connectivity index (χ2v) is 7.11. The van der Waals surface area contributed by atoms with Crippen LogP contribution >= 0.6 is 0 Å². The van der Waals surface area contributed by atoms with Crippen LogP contribution in [-0.4, -0.2) is 47.3 Å². The van der Waals surface area contributed by atoms with Crippen molar-refractivity contribution in [2.75, 3.05) is 31.3 Å². The van der Waals surface area contributed by atoms with Gasteiger partial charge in [0, 0.05) is 19.2 Å². The van der Waals surface area contributed by atoms with Gasteiger partial charge in [-0.2, -0.15) is 0 Å². The minimum absolute atomic E-state index is 0.112. The number of carbonyl (C=O) groups excluding carboxylic acids is 2. The third-order valence-corrected chi connectivity index (χ3v) is 4.48. The number of benzene rings is 1. The van der Waals surface area contributed by atoms with Gasteiger partial charge in [0.25, 0.3) is 5.91 Å². The van der Waals surface area contributed by atoms with Crippen LogP contribution in [0.15, 0.2) is 18.2 Å². The number of rotatable bonds is 7. The molecule has 0 spiro atoms. The molecule has 0 radical (unpaired) electrons. The Morgan fingerprint density at radius 1 is 1.22 bits per heavy atom. The largest absolute Gasteiger partial charge is 0.465 e. The lowest BCUT2D eigenvalue weighted by atomic mass is 10.1. The molecule has 1 aromatic carbocycles. The quantitative estimate of drug-likeness (QED) is 0.597. The second-order valence-electron chi connectivity index (χ2n) is 5.10. The van der Waals surface area contributed by atoms with E-state index in [0.29, 0.717) is 6.54 Å². The topological polar surface area (TPSA) is 92.8 Å². The Kier molecular flexibility index (Phi) is 6.56. The van der Waals surface area contributed by atoms with E-state index in [1.807, 2.05) is 6.92 Å². The van der Waals surface area contributed by atoms with Crippen LogP contribution in [0.25, 0.3) is 0 Å².